The summed E-state index contributed by atoms with van der Waals surface area (Å²) < 4.78 is 10.4. The molecule has 0 amide bonds. The number of hydrogen-bond acceptors (Lipinski definition) is 2. The maximum atomic E-state index is 5.87. The molecule has 0 fully saturated rings. The van der Waals surface area contributed by atoms with E-state index in [4.69, 9.17) is 4.42 Å². The summed E-state index contributed by atoms with van der Waals surface area (Å²) in [5.74, 6) is 0.867. The van der Waals surface area contributed by atoms with Gasteiger partial charge in [0.05, 0.1) is 22.5 Å². The third-order valence-corrected chi connectivity index (χ3v) is 7.26. The van der Waals surface area contributed by atoms with Crippen molar-refractivity contribution < 1.29 is 4.42 Å². The van der Waals surface area contributed by atoms with Gasteiger partial charge in [0.25, 0.3) is 0 Å². The molecule has 2 aromatic carbocycles. The van der Waals surface area contributed by atoms with Gasteiger partial charge in [0.2, 0.25) is 0 Å². The van der Waals surface area contributed by atoms with E-state index in [0.717, 1.165) is 22.8 Å². The molecule has 0 radical (unpaired) electrons. The van der Waals surface area contributed by atoms with Crippen LogP contribution >= 0.6 is 11.3 Å². The Morgan fingerprint density at radius 3 is 1.74 bits per heavy atom. The Morgan fingerprint density at radius 2 is 1.21 bits per heavy atom. The molecular weight excluding hydrogens is 436 g/mol. The maximum Gasteiger partial charge on any atom is 0.150 e. The van der Waals surface area contributed by atoms with E-state index >= 15 is 0 Å². The third kappa shape index (κ3) is 3.35. The van der Waals surface area contributed by atoms with Gasteiger partial charge in [-0.15, -0.1) is 11.3 Å². The minimum absolute atomic E-state index is 0.867. The van der Waals surface area contributed by atoms with E-state index in [0.29, 0.717) is 0 Å². The van der Waals surface area contributed by atoms with Crippen LogP contribution < -0.4 is 0 Å². The van der Waals surface area contributed by atoms with Crippen molar-refractivity contribution >= 4 is 11.3 Å². The van der Waals surface area contributed by atoms with Crippen LogP contribution in [0.15, 0.2) is 113 Å². The van der Waals surface area contributed by atoms with E-state index in [2.05, 4.69) is 107 Å². The van der Waals surface area contributed by atoms with Crippen molar-refractivity contribution in [1.82, 2.24) is 9.13 Å². The average Bonchev–Trinajstić information content (AvgIpc) is 3.67. The lowest BCUT2D eigenvalue weighted by Gasteiger charge is -2.08. The number of thiophene rings is 1. The summed E-state index contributed by atoms with van der Waals surface area (Å²) in [5.41, 5.74) is 9.50. The van der Waals surface area contributed by atoms with Crippen LogP contribution in [0, 0.1) is 13.8 Å². The zero-order chi connectivity index (χ0) is 23.1. The summed E-state index contributed by atoms with van der Waals surface area (Å²) in [4.78, 5) is 1.26. The van der Waals surface area contributed by atoms with Gasteiger partial charge in [-0.2, -0.15) is 0 Å². The first-order valence-electron chi connectivity index (χ1n) is 11.3. The SMILES string of the molecule is Cc1c(-c2cn(-c3ccccc3)c(-c3cccs3)c2C)cn(-c2ccccc2)c1-c1ccco1. The molecule has 6 aromatic rings. The first-order chi connectivity index (χ1) is 16.7. The number of hydrogen-bond donors (Lipinski definition) is 0. The Bertz CT molecular complexity index is 1420. The molecule has 4 aromatic heterocycles. The van der Waals surface area contributed by atoms with E-state index in [1.165, 1.54) is 32.8 Å². The highest BCUT2D eigenvalue weighted by Crippen LogP contribution is 2.42. The van der Waals surface area contributed by atoms with Crippen LogP contribution in [-0.2, 0) is 0 Å². The fraction of sp³-hybridized carbons (Fsp3) is 0.0667. The highest BCUT2D eigenvalue weighted by molar-refractivity contribution is 7.13. The van der Waals surface area contributed by atoms with Crippen molar-refractivity contribution in [2.24, 2.45) is 0 Å². The van der Waals surface area contributed by atoms with Crippen LogP contribution in [0.5, 0.6) is 0 Å². The molecule has 4 heteroatoms. The summed E-state index contributed by atoms with van der Waals surface area (Å²) in [6.45, 7) is 4.42. The molecule has 6 rings (SSSR count). The zero-order valence-corrected chi connectivity index (χ0v) is 19.9. The smallest absolute Gasteiger partial charge is 0.150 e. The van der Waals surface area contributed by atoms with Gasteiger partial charge >= 0.3 is 0 Å². The summed E-state index contributed by atoms with van der Waals surface area (Å²) in [6, 6.07) is 29.3. The van der Waals surface area contributed by atoms with Crippen molar-refractivity contribution in [3.63, 3.8) is 0 Å². The number of benzene rings is 2. The van der Waals surface area contributed by atoms with Gasteiger partial charge in [0.15, 0.2) is 5.76 Å². The highest BCUT2D eigenvalue weighted by atomic mass is 32.1. The predicted molar refractivity (Wildman–Crippen MR) is 141 cm³/mol. The summed E-state index contributed by atoms with van der Waals surface area (Å²) in [6.07, 6.45) is 6.27. The van der Waals surface area contributed by atoms with Gasteiger partial charge in [-0.05, 0) is 72.8 Å². The van der Waals surface area contributed by atoms with Crippen LogP contribution in [0.25, 0.3) is 44.5 Å². The van der Waals surface area contributed by atoms with Crippen molar-refractivity contribution in [3.8, 4) is 44.5 Å². The monoisotopic (exact) mass is 460 g/mol. The zero-order valence-electron chi connectivity index (χ0n) is 19.1. The number of para-hydroxylation sites is 2. The van der Waals surface area contributed by atoms with Gasteiger partial charge in [0, 0.05) is 34.9 Å². The molecule has 0 N–H and O–H groups in total. The van der Waals surface area contributed by atoms with Gasteiger partial charge in [-0.25, -0.2) is 0 Å². The molecule has 0 unspecified atom stereocenters. The Labute approximate surface area is 203 Å². The molecular formula is C30H24N2OS. The second kappa shape index (κ2) is 8.40. The Morgan fingerprint density at radius 1 is 0.618 bits per heavy atom. The summed E-state index contributed by atoms with van der Waals surface area (Å²) in [7, 11) is 0. The van der Waals surface area contributed by atoms with Gasteiger partial charge in [-0.1, -0.05) is 42.5 Å². The first-order valence-corrected chi connectivity index (χ1v) is 12.2. The standard InChI is InChI=1S/C30H24N2OS/c1-21-25(19-31(23-11-5-3-6-12-23)29(21)27-15-9-17-33-27)26-20-32(24-13-7-4-8-14-24)30(22(26)2)28-16-10-18-34-28/h3-20H,1-2H3. The van der Waals surface area contributed by atoms with E-state index in [1.54, 1.807) is 17.6 Å². The van der Waals surface area contributed by atoms with Crippen LogP contribution in [0.4, 0.5) is 0 Å². The second-order valence-electron chi connectivity index (χ2n) is 8.40. The van der Waals surface area contributed by atoms with E-state index in [1.807, 2.05) is 18.2 Å². The molecule has 0 spiro atoms. The quantitative estimate of drug-likeness (QED) is 0.253. The van der Waals surface area contributed by atoms with E-state index in [9.17, 15) is 0 Å². The highest BCUT2D eigenvalue weighted by Gasteiger charge is 2.23. The van der Waals surface area contributed by atoms with Crippen LogP contribution in [-0.4, -0.2) is 9.13 Å². The number of furan rings is 1. The molecule has 0 atom stereocenters. The van der Waals surface area contributed by atoms with Crippen LogP contribution in [0.2, 0.25) is 0 Å². The van der Waals surface area contributed by atoms with E-state index in [-0.39, 0.29) is 0 Å². The minimum Gasteiger partial charge on any atom is -0.463 e. The fourth-order valence-electron chi connectivity index (χ4n) is 4.76. The topological polar surface area (TPSA) is 23.0 Å². The largest absolute Gasteiger partial charge is 0.463 e. The molecule has 3 nitrogen and oxygen atoms in total. The van der Waals surface area contributed by atoms with Crippen molar-refractivity contribution in [2.45, 2.75) is 13.8 Å². The molecule has 4 heterocycles. The molecule has 0 bridgehead atoms. The van der Waals surface area contributed by atoms with Crippen molar-refractivity contribution in [1.29, 1.82) is 0 Å². The van der Waals surface area contributed by atoms with Crippen molar-refractivity contribution in [2.75, 3.05) is 0 Å². The molecule has 0 aliphatic heterocycles. The molecule has 0 saturated carbocycles. The lowest BCUT2D eigenvalue weighted by molar-refractivity contribution is 0.578. The van der Waals surface area contributed by atoms with Crippen molar-refractivity contribution in [3.05, 3.63) is 120 Å². The molecule has 0 saturated heterocycles. The number of aromatic nitrogens is 2. The summed E-state index contributed by atoms with van der Waals surface area (Å²) in [5, 5.41) is 2.14. The molecule has 34 heavy (non-hydrogen) atoms. The van der Waals surface area contributed by atoms with Crippen LogP contribution in [0.3, 0.4) is 0 Å². The third-order valence-electron chi connectivity index (χ3n) is 6.38. The Hall–Kier alpha value is -4.02. The van der Waals surface area contributed by atoms with Gasteiger partial charge in [0.1, 0.15) is 0 Å². The Kier molecular flexibility index (Phi) is 5.08. The number of nitrogens with zero attached hydrogens (tertiary/aromatic N) is 2. The number of rotatable bonds is 5. The van der Waals surface area contributed by atoms with Crippen LogP contribution in [0.1, 0.15) is 11.1 Å². The average molecular weight is 461 g/mol. The Balaban J connectivity index is 1.62. The molecule has 0 aliphatic rings. The minimum atomic E-state index is 0.867. The normalized spacial score (nSPS) is 11.2. The maximum absolute atomic E-state index is 5.87. The summed E-state index contributed by atoms with van der Waals surface area (Å²) >= 11 is 1.77. The predicted octanol–water partition coefficient (Wildman–Crippen LogP) is 8.54. The fourth-order valence-corrected chi connectivity index (χ4v) is 5.58. The first kappa shape index (κ1) is 20.6. The molecule has 166 valence electrons. The molecule has 0 aliphatic carbocycles. The van der Waals surface area contributed by atoms with E-state index < -0.39 is 0 Å². The second-order valence-corrected chi connectivity index (χ2v) is 9.35. The van der Waals surface area contributed by atoms with Gasteiger partial charge < -0.3 is 13.6 Å². The lowest BCUT2D eigenvalue weighted by atomic mass is 10.0. The lowest BCUT2D eigenvalue weighted by Crippen LogP contribution is -1.94. The van der Waals surface area contributed by atoms with Gasteiger partial charge in [-0.3, -0.25) is 0 Å².